The number of amides is 1. The maximum atomic E-state index is 12.3. The van der Waals surface area contributed by atoms with Crippen LogP contribution in [0.15, 0.2) is 70.5 Å². The van der Waals surface area contributed by atoms with Gasteiger partial charge in [-0.3, -0.25) is 19.1 Å². The van der Waals surface area contributed by atoms with E-state index in [-0.39, 0.29) is 12.5 Å². The van der Waals surface area contributed by atoms with Crippen LogP contribution in [0.5, 0.6) is 0 Å². The first-order chi connectivity index (χ1) is 23.4. The lowest BCUT2D eigenvalue weighted by molar-refractivity contribution is -0.121. The third-order valence-corrected chi connectivity index (χ3v) is 8.16. The van der Waals surface area contributed by atoms with E-state index in [1.54, 1.807) is 0 Å². The number of aromatic nitrogens is 2. The van der Waals surface area contributed by atoms with Gasteiger partial charge in [0.25, 0.3) is 5.56 Å². The van der Waals surface area contributed by atoms with E-state index < -0.39 is 50.7 Å². The average molecular weight is 693 g/mol. The van der Waals surface area contributed by atoms with Crippen molar-refractivity contribution in [3.63, 3.8) is 0 Å². The van der Waals surface area contributed by atoms with Crippen LogP contribution < -0.4 is 16.6 Å². The number of aromatic amines is 1. The van der Waals surface area contributed by atoms with Crippen LogP contribution in [0.4, 0.5) is 0 Å². The Morgan fingerprint density at radius 2 is 1.58 bits per heavy atom. The minimum absolute atomic E-state index is 0.0469. The topological polar surface area (TPSA) is 169 Å². The zero-order valence-corrected chi connectivity index (χ0v) is 29.1. The SMILES string of the molecule is CCCCC/C=C\C/C=C\C/C=C\C/C=C\CCCC(=O)NCCCCCCOC1[C@@H](O[P+](=O)O)[C@@H](CO)O[C@H]1n1ccc(=O)[nH]c1=O. The molecule has 0 saturated carbocycles. The van der Waals surface area contributed by atoms with Crippen molar-refractivity contribution in [2.75, 3.05) is 19.8 Å². The molecule has 0 bridgehead atoms. The number of ether oxygens (including phenoxy) is 2. The van der Waals surface area contributed by atoms with Gasteiger partial charge in [-0.2, -0.15) is 0 Å². The van der Waals surface area contributed by atoms with Crippen LogP contribution in [0.1, 0.15) is 103 Å². The van der Waals surface area contributed by atoms with E-state index >= 15 is 0 Å². The molecule has 12 nitrogen and oxygen atoms in total. The van der Waals surface area contributed by atoms with E-state index in [4.69, 9.17) is 14.0 Å². The predicted octanol–water partition coefficient (Wildman–Crippen LogP) is 5.67. The summed E-state index contributed by atoms with van der Waals surface area (Å²) in [6, 6.07) is 1.14. The number of nitrogens with one attached hydrogen (secondary N) is 2. The maximum absolute atomic E-state index is 12.3. The summed E-state index contributed by atoms with van der Waals surface area (Å²) in [6.45, 7) is 2.53. The molecule has 1 amide bonds. The van der Waals surface area contributed by atoms with Crippen molar-refractivity contribution in [2.45, 2.75) is 121 Å². The molecule has 1 saturated heterocycles. The van der Waals surface area contributed by atoms with Crippen molar-refractivity contribution in [2.24, 2.45) is 0 Å². The van der Waals surface area contributed by atoms with Crippen molar-refractivity contribution in [1.29, 1.82) is 0 Å². The highest BCUT2D eigenvalue weighted by molar-refractivity contribution is 7.32. The van der Waals surface area contributed by atoms with Gasteiger partial charge in [-0.15, -0.1) is 9.42 Å². The van der Waals surface area contributed by atoms with Gasteiger partial charge in [0, 0.05) is 36.4 Å². The Labute approximate surface area is 284 Å². The summed E-state index contributed by atoms with van der Waals surface area (Å²) < 4.78 is 29.2. The number of unbranched alkanes of at least 4 members (excludes halogenated alkanes) is 7. The van der Waals surface area contributed by atoms with Gasteiger partial charge in [0.1, 0.15) is 12.2 Å². The van der Waals surface area contributed by atoms with Crippen molar-refractivity contribution in [3.05, 3.63) is 81.7 Å². The Balaban J connectivity index is 1.54. The summed E-state index contributed by atoms with van der Waals surface area (Å²) in [5.41, 5.74) is -1.33. The van der Waals surface area contributed by atoms with Crippen LogP contribution >= 0.6 is 8.25 Å². The Morgan fingerprint density at radius 1 is 0.938 bits per heavy atom. The second-order valence-electron chi connectivity index (χ2n) is 11.7. The molecular weight excluding hydrogens is 637 g/mol. The second kappa shape index (κ2) is 26.0. The molecule has 1 aliphatic heterocycles. The fourth-order valence-corrected chi connectivity index (χ4v) is 5.64. The summed E-state index contributed by atoms with van der Waals surface area (Å²) in [5, 5.41) is 12.7. The molecule has 0 spiro atoms. The smallest absolute Gasteiger partial charge is 0.394 e. The van der Waals surface area contributed by atoms with Crippen molar-refractivity contribution < 1.29 is 33.4 Å². The number of hydrogen-bond acceptors (Lipinski definition) is 8. The number of aliphatic hydroxyl groups is 1. The third-order valence-electron chi connectivity index (χ3n) is 7.74. The van der Waals surface area contributed by atoms with Gasteiger partial charge in [0.05, 0.1) is 6.61 Å². The molecule has 4 N–H and O–H groups in total. The average Bonchev–Trinajstić information content (AvgIpc) is 3.39. The number of carbonyl (C=O) groups excluding carboxylic acids is 1. The second-order valence-corrected chi connectivity index (χ2v) is 12.3. The fourth-order valence-electron chi connectivity index (χ4n) is 5.17. The first kappa shape index (κ1) is 41.2. The lowest BCUT2D eigenvalue weighted by Gasteiger charge is -2.22. The van der Waals surface area contributed by atoms with E-state index in [2.05, 4.69) is 65.8 Å². The van der Waals surface area contributed by atoms with Crippen molar-refractivity contribution in [3.8, 4) is 0 Å². The highest BCUT2D eigenvalue weighted by Gasteiger charge is 2.51. The Hall–Kier alpha value is -2.99. The molecule has 13 heteroatoms. The number of allylic oxidation sites excluding steroid dienone is 8. The molecule has 0 radical (unpaired) electrons. The van der Waals surface area contributed by atoms with Crippen LogP contribution in [-0.2, 0) is 23.4 Å². The number of hydrogen-bond donors (Lipinski definition) is 4. The van der Waals surface area contributed by atoms with Crippen LogP contribution in [-0.4, -0.2) is 63.5 Å². The number of H-pyrrole nitrogens is 1. The molecule has 1 aromatic rings. The molecule has 1 fully saturated rings. The zero-order valence-electron chi connectivity index (χ0n) is 28.3. The van der Waals surface area contributed by atoms with Crippen LogP contribution in [0.25, 0.3) is 0 Å². The lowest BCUT2D eigenvalue weighted by atomic mass is 10.1. The summed E-state index contributed by atoms with van der Waals surface area (Å²) in [5.74, 6) is 0.0469. The monoisotopic (exact) mass is 692 g/mol. The molecule has 5 atom stereocenters. The van der Waals surface area contributed by atoms with Gasteiger partial charge in [0.15, 0.2) is 12.3 Å². The van der Waals surface area contributed by atoms with E-state index in [1.807, 2.05) is 0 Å². The fraction of sp³-hybridized carbons (Fsp3) is 0.629. The van der Waals surface area contributed by atoms with Crippen LogP contribution in [0, 0.1) is 0 Å². The van der Waals surface area contributed by atoms with Gasteiger partial charge >= 0.3 is 13.9 Å². The van der Waals surface area contributed by atoms with Crippen LogP contribution in [0.2, 0.25) is 0 Å². The normalized spacial score (nSPS) is 20.2. The molecule has 2 heterocycles. The Morgan fingerprint density at radius 3 is 2.21 bits per heavy atom. The molecule has 268 valence electrons. The highest BCUT2D eigenvalue weighted by atomic mass is 31.1. The van der Waals surface area contributed by atoms with Crippen LogP contribution in [0.3, 0.4) is 0 Å². The Kier molecular flexibility index (Phi) is 22.3. The third kappa shape index (κ3) is 17.4. The lowest BCUT2D eigenvalue weighted by Crippen LogP contribution is -2.40. The number of carbonyl (C=O) groups is 1. The summed E-state index contributed by atoms with van der Waals surface area (Å²) in [6.07, 6.45) is 27.7. The molecule has 2 rings (SSSR count). The summed E-state index contributed by atoms with van der Waals surface area (Å²) in [7, 11) is -3.03. The van der Waals surface area contributed by atoms with Gasteiger partial charge in [-0.1, -0.05) is 81.2 Å². The van der Waals surface area contributed by atoms with Gasteiger partial charge in [-0.05, 0) is 57.8 Å². The molecular formula is C35H55N3O9P+. The molecule has 0 aliphatic carbocycles. The number of rotatable bonds is 26. The minimum atomic E-state index is -3.03. The van der Waals surface area contributed by atoms with E-state index in [1.165, 1.54) is 31.9 Å². The van der Waals surface area contributed by atoms with Gasteiger partial charge in [-0.25, -0.2) is 4.79 Å². The van der Waals surface area contributed by atoms with Crippen molar-refractivity contribution >= 4 is 14.2 Å². The maximum Gasteiger partial charge on any atom is 0.695 e. The Bertz CT molecular complexity index is 1290. The first-order valence-electron chi connectivity index (χ1n) is 17.3. The summed E-state index contributed by atoms with van der Waals surface area (Å²) in [4.78, 5) is 47.4. The zero-order chi connectivity index (χ0) is 34.8. The van der Waals surface area contributed by atoms with E-state index in [0.717, 1.165) is 62.0 Å². The number of nitrogens with zero attached hydrogens (tertiary/aromatic N) is 1. The predicted molar refractivity (Wildman–Crippen MR) is 187 cm³/mol. The molecule has 2 unspecified atom stereocenters. The highest BCUT2D eigenvalue weighted by Crippen LogP contribution is 2.37. The summed E-state index contributed by atoms with van der Waals surface area (Å²) >= 11 is 0. The van der Waals surface area contributed by atoms with Gasteiger partial charge in [0.2, 0.25) is 5.91 Å². The van der Waals surface area contributed by atoms with Crippen molar-refractivity contribution in [1.82, 2.24) is 14.9 Å². The molecule has 48 heavy (non-hydrogen) atoms. The molecule has 1 aromatic heterocycles. The standard InChI is InChI=1S/C35H54N3O9P/c1-2-3-4-5-6-7-8-9-10-11-12-13-14-15-16-17-20-23-30(40)36-25-21-18-19-22-27-45-33-32(47-48(43)44)29(28-39)46-34(33)38-26-24-31(41)37-35(38)42/h6-7,9-10,12-13,15-16,24,26,29,32-34,39H,2-5,8,11,14,17-23,25,27-28H2,1H3,(H2-,36,37,40,41,42,43,44)/p+1/b7-6-,10-9-,13-12-,16-15-/t29-,32+,33?,34-/m1/s1. The van der Waals surface area contributed by atoms with Gasteiger partial charge < -0.3 is 19.9 Å². The largest absolute Gasteiger partial charge is 0.695 e. The minimum Gasteiger partial charge on any atom is -0.394 e. The quantitative estimate of drug-likeness (QED) is 0.0543. The first-order valence-corrected chi connectivity index (χ1v) is 18.4. The molecule has 0 aromatic carbocycles. The molecule has 1 aliphatic rings. The van der Waals surface area contributed by atoms with E-state index in [9.17, 15) is 28.9 Å². The van der Waals surface area contributed by atoms with E-state index in [0.29, 0.717) is 19.4 Å². The number of aliphatic hydroxyl groups excluding tert-OH is 1.